The molecule has 3 rings (SSSR count). The first-order chi connectivity index (χ1) is 11.6. The van der Waals surface area contributed by atoms with Gasteiger partial charge in [-0.05, 0) is 59.7 Å². The van der Waals surface area contributed by atoms with E-state index in [4.69, 9.17) is 9.11 Å². The Labute approximate surface area is 155 Å². The smallest absolute Gasteiger partial charge is 0.264 e. The summed E-state index contributed by atoms with van der Waals surface area (Å²) in [5, 5.41) is 3.96. The lowest BCUT2D eigenvalue weighted by molar-refractivity contribution is 0.423. The van der Waals surface area contributed by atoms with Crippen LogP contribution in [0.3, 0.4) is 0 Å². The Morgan fingerprint density at radius 3 is 1.56 bits per heavy atom. The van der Waals surface area contributed by atoms with E-state index in [1.165, 1.54) is 0 Å². The molecule has 0 unspecified atom stereocenters. The van der Waals surface area contributed by atoms with E-state index in [0.29, 0.717) is 12.8 Å². The number of hydrogen-bond donors (Lipinski definition) is 2. The molecule has 0 bridgehead atoms. The second kappa shape index (κ2) is 6.75. The molecule has 25 heavy (non-hydrogen) atoms. The summed E-state index contributed by atoms with van der Waals surface area (Å²) in [6.07, 6.45) is 1.53. The molecule has 6 nitrogen and oxygen atoms in total. The van der Waals surface area contributed by atoms with E-state index >= 15 is 0 Å². The number of rotatable bonds is 8. The summed E-state index contributed by atoms with van der Waals surface area (Å²) in [6, 6.07) is 4.02. The van der Waals surface area contributed by atoms with Gasteiger partial charge in [0.15, 0.2) is 0 Å². The lowest BCUT2D eigenvalue weighted by Crippen LogP contribution is -2.26. The van der Waals surface area contributed by atoms with Gasteiger partial charge in [0.05, 0.1) is 11.5 Å². The van der Waals surface area contributed by atoms with Crippen LogP contribution in [0, 0.1) is 0 Å². The van der Waals surface area contributed by atoms with E-state index in [9.17, 15) is 16.8 Å². The van der Waals surface area contributed by atoms with Gasteiger partial charge in [-0.1, -0.05) is 0 Å². The lowest BCUT2D eigenvalue weighted by Gasteiger charge is -2.31. The van der Waals surface area contributed by atoms with E-state index in [1.807, 2.05) is 22.9 Å². The maximum atomic E-state index is 11.1. The highest BCUT2D eigenvalue weighted by molar-refractivity contribution is 7.86. The van der Waals surface area contributed by atoms with Crippen molar-refractivity contribution in [2.24, 2.45) is 0 Å². The molecule has 0 atom stereocenters. The number of hydrogen-bond acceptors (Lipinski definition) is 6. The van der Waals surface area contributed by atoms with Crippen molar-refractivity contribution in [2.45, 2.75) is 31.1 Å². The third kappa shape index (κ3) is 3.99. The molecule has 0 radical (unpaired) electrons. The molecule has 2 N–H and O–H groups in total. The monoisotopic (exact) mass is 422 g/mol. The fraction of sp³-hybridized carbons (Fsp3) is 0.467. The van der Waals surface area contributed by atoms with Gasteiger partial charge in [-0.3, -0.25) is 9.11 Å². The number of fused-ring (bicyclic) bond motifs is 3. The minimum Gasteiger partial charge on any atom is -0.286 e. The van der Waals surface area contributed by atoms with Crippen molar-refractivity contribution in [3.8, 4) is 9.75 Å². The molecule has 1 aliphatic carbocycles. The number of thiophene rings is 2. The van der Waals surface area contributed by atoms with E-state index in [2.05, 4.69) is 0 Å². The Kier molecular flexibility index (Phi) is 5.13. The van der Waals surface area contributed by atoms with Crippen molar-refractivity contribution in [3.05, 3.63) is 34.0 Å². The van der Waals surface area contributed by atoms with Gasteiger partial charge in [-0.25, -0.2) is 0 Å². The van der Waals surface area contributed by atoms with Gasteiger partial charge in [-0.2, -0.15) is 16.8 Å². The van der Waals surface area contributed by atoms with E-state index in [-0.39, 0.29) is 24.3 Å². The molecule has 0 saturated carbocycles. The lowest BCUT2D eigenvalue weighted by atomic mass is 9.72. The van der Waals surface area contributed by atoms with Gasteiger partial charge >= 0.3 is 0 Å². The average molecular weight is 423 g/mol. The van der Waals surface area contributed by atoms with Crippen LogP contribution < -0.4 is 0 Å². The van der Waals surface area contributed by atoms with Gasteiger partial charge in [0, 0.05) is 15.2 Å². The second-order valence-electron chi connectivity index (χ2n) is 6.19. The van der Waals surface area contributed by atoms with E-state index in [1.54, 1.807) is 22.7 Å². The molecule has 0 aromatic carbocycles. The molecule has 10 heteroatoms. The predicted octanol–water partition coefficient (Wildman–Crippen LogP) is 3.41. The van der Waals surface area contributed by atoms with Gasteiger partial charge < -0.3 is 0 Å². The first-order valence-corrected chi connectivity index (χ1v) is 12.7. The molecule has 1 aliphatic rings. The molecule has 0 fully saturated rings. The van der Waals surface area contributed by atoms with Crippen molar-refractivity contribution < 1.29 is 25.9 Å². The zero-order chi connectivity index (χ0) is 18.3. The van der Waals surface area contributed by atoms with Crippen LogP contribution in [0.2, 0.25) is 0 Å². The van der Waals surface area contributed by atoms with Crippen molar-refractivity contribution in [1.29, 1.82) is 0 Å². The van der Waals surface area contributed by atoms with Crippen LogP contribution in [-0.2, 0) is 25.7 Å². The van der Waals surface area contributed by atoms with Gasteiger partial charge in [0.2, 0.25) is 0 Å². The molecular weight excluding hydrogens is 404 g/mol. The second-order valence-corrected chi connectivity index (χ2v) is 11.2. The zero-order valence-corrected chi connectivity index (χ0v) is 16.5. The summed E-state index contributed by atoms with van der Waals surface area (Å²) in [4.78, 5) is 2.28. The normalized spacial score (nSPS) is 15.9. The fourth-order valence-corrected chi connectivity index (χ4v) is 6.85. The molecular formula is C15H18O6S4. The van der Waals surface area contributed by atoms with Crippen molar-refractivity contribution in [2.75, 3.05) is 11.5 Å². The van der Waals surface area contributed by atoms with Gasteiger partial charge in [-0.15, -0.1) is 22.7 Å². The summed E-state index contributed by atoms with van der Waals surface area (Å²) >= 11 is 3.23. The standard InChI is InChI=1S/C15H18O6S4/c16-24(17,18)9-1-5-15(6-2-10-25(19,20)21)11-3-7-22-13(11)14-12(15)4-8-23-14/h3-4,7-8H,1-2,5-6,9-10H2,(H,16,17,18)(H,19,20,21). The van der Waals surface area contributed by atoms with Crippen LogP contribution in [0.25, 0.3) is 9.75 Å². The summed E-state index contributed by atoms with van der Waals surface area (Å²) in [7, 11) is -8.09. The molecule has 0 spiro atoms. The third-order valence-electron chi connectivity index (χ3n) is 4.58. The maximum absolute atomic E-state index is 11.1. The summed E-state index contributed by atoms with van der Waals surface area (Å²) in [5.41, 5.74) is 1.70. The summed E-state index contributed by atoms with van der Waals surface area (Å²) < 4.78 is 62.4. The Morgan fingerprint density at radius 1 is 0.800 bits per heavy atom. The van der Waals surface area contributed by atoms with Crippen molar-refractivity contribution >= 4 is 42.9 Å². The minimum absolute atomic E-state index is 0.273. The maximum Gasteiger partial charge on any atom is 0.264 e. The highest BCUT2D eigenvalue weighted by Gasteiger charge is 2.44. The quantitative estimate of drug-likeness (QED) is 0.631. The van der Waals surface area contributed by atoms with Crippen molar-refractivity contribution in [3.63, 3.8) is 0 Å². The molecule has 0 aliphatic heterocycles. The van der Waals surface area contributed by atoms with Crippen LogP contribution in [0.15, 0.2) is 22.9 Å². The molecule has 138 valence electrons. The molecule has 2 aromatic heterocycles. The van der Waals surface area contributed by atoms with Crippen LogP contribution in [-0.4, -0.2) is 37.4 Å². The van der Waals surface area contributed by atoms with Gasteiger partial charge in [0.25, 0.3) is 20.2 Å². The third-order valence-corrected chi connectivity index (χ3v) is 8.18. The van der Waals surface area contributed by atoms with E-state index in [0.717, 1.165) is 20.9 Å². The molecule has 0 saturated heterocycles. The summed E-state index contributed by atoms with van der Waals surface area (Å²) in [5.74, 6) is -0.655. The van der Waals surface area contributed by atoms with Crippen LogP contribution in [0.5, 0.6) is 0 Å². The Balaban J connectivity index is 1.93. The largest absolute Gasteiger partial charge is 0.286 e. The van der Waals surface area contributed by atoms with E-state index < -0.39 is 25.7 Å². The Morgan fingerprint density at radius 2 is 1.20 bits per heavy atom. The predicted molar refractivity (Wildman–Crippen MR) is 99.7 cm³/mol. The summed E-state index contributed by atoms with van der Waals surface area (Å²) in [6.45, 7) is 0. The first kappa shape index (κ1) is 19.0. The van der Waals surface area contributed by atoms with Crippen LogP contribution >= 0.6 is 22.7 Å². The highest BCUT2D eigenvalue weighted by atomic mass is 32.2. The topological polar surface area (TPSA) is 109 Å². The molecule has 2 heterocycles. The van der Waals surface area contributed by atoms with Crippen LogP contribution in [0.4, 0.5) is 0 Å². The molecule has 2 aromatic rings. The SMILES string of the molecule is O=S(=O)(O)CCCC1(CCCS(=O)(=O)O)c2ccsc2-c2sccc21. The average Bonchev–Trinajstić information content (AvgIpc) is 3.14. The minimum atomic E-state index is -4.04. The fourth-order valence-electron chi connectivity index (χ4n) is 3.65. The molecule has 0 amide bonds. The Hall–Kier alpha value is -0.780. The first-order valence-electron chi connectivity index (χ1n) is 7.69. The van der Waals surface area contributed by atoms with Crippen molar-refractivity contribution in [1.82, 2.24) is 0 Å². The Bertz CT molecular complexity index is 887. The zero-order valence-electron chi connectivity index (χ0n) is 13.2. The van der Waals surface area contributed by atoms with Gasteiger partial charge in [0.1, 0.15) is 0 Å². The highest BCUT2D eigenvalue weighted by Crippen LogP contribution is 2.57. The van der Waals surface area contributed by atoms with Crippen LogP contribution in [0.1, 0.15) is 36.8 Å².